The minimum atomic E-state index is 0.145. The number of nitrogens with zero attached hydrogens (tertiary/aromatic N) is 1. The summed E-state index contributed by atoms with van der Waals surface area (Å²) in [6.45, 7) is 0. The standard InChI is InChI=1S/C8H8BNO/c9-10-7-5-2-1-4(3-5)6(7)8(10)11/h1-2,4-7H,3H2. The van der Waals surface area contributed by atoms with Crippen molar-refractivity contribution in [1.82, 2.24) is 4.81 Å². The average molecular weight is 145 g/mol. The topological polar surface area (TPSA) is 20.3 Å². The maximum atomic E-state index is 11.2. The van der Waals surface area contributed by atoms with Crippen molar-refractivity contribution >= 4 is 13.9 Å². The fourth-order valence-electron chi connectivity index (χ4n) is 2.74. The second-order valence-corrected chi connectivity index (χ2v) is 3.71. The Balaban J connectivity index is 2.01. The molecule has 2 nitrogen and oxygen atoms in total. The fraction of sp³-hybridized carbons (Fsp3) is 0.625. The molecular formula is C8H8BNO. The number of β-lactam (4-membered cyclic amide) rings is 1. The summed E-state index contributed by atoms with van der Waals surface area (Å²) in [5, 5.41) is 0. The molecule has 3 heteroatoms. The van der Waals surface area contributed by atoms with Gasteiger partial charge in [0.1, 0.15) is 0 Å². The van der Waals surface area contributed by atoms with Crippen LogP contribution in [0.4, 0.5) is 0 Å². The number of rotatable bonds is 0. The molecule has 1 amide bonds. The van der Waals surface area contributed by atoms with Crippen molar-refractivity contribution in [2.24, 2.45) is 17.8 Å². The predicted molar refractivity (Wildman–Crippen MR) is 40.6 cm³/mol. The molecule has 4 unspecified atom stereocenters. The molecule has 0 N–H and O–H groups in total. The minimum absolute atomic E-state index is 0.145. The van der Waals surface area contributed by atoms with E-state index in [1.54, 1.807) is 0 Å². The van der Waals surface area contributed by atoms with Gasteiger partial charge >= 0.3 is 0 Å². The van der Waals surface area contributed by atoms with Crippen LogP contribution < -0.4 is 0 Å². The summed E-state index contributed by atoms with van der Waals surface area (Å²) in [6, 6.07) is 0.345. The van der Waals surface area contributed by atoms with Crippen LogP contribution in [0.1, 0.15) is 6.42 Å². The first-order valence-corrected chi connectivity index (χ1v) is 4.05. The quantitative estimate of drug-likeness (QED) is 0.269. The Kier molecular flexibility index (Phi) is 0.824. The van der Waals surface area contributed by atoms with Gasteiger partial charge in [0, 0.05) is 6.04 Å². The summed E-state index contributed by atoms with van der Waals surface area (Å²) in [5.41, 5.74) is 0. The predicted octanol–water partition coefficient (Wildman–Crippen LogP) is 0.103. The molecule has 54 valence electrons. The van der Waals surface area contributed by atoms with E-state index >= 15 is 0 Å². The van der Waals surface area contributed by atoms with Crippen molar-refractivity contribution in [3.63, 3.8) is 0 Å². The number of carbonyl (C=O) groups is 1. The zero-order valence-electron chi connectivity index (χ0n) is 6.10. The number of carbonyl (C=O) groups excluding carboxylic acids is 1. The van der Waals surface area contributed by atoms with Gasteiger partial charge in [-0.3, -0.25) is 4.79 Å². The van der Waals surface area contributed by atoms with Gasteiger partial charge in [-0.15, -0.1) is 0 Å². The molecule has 11 heavy (non-hydrogen) atoms. The largest absolute Gasteiger partial charge is 0.392 e. The highest BCUT2D eigenvalue weighted by Crippen LogP contribution is 2.51. The van der Waals surface area contributed by atoms with E-state index in [0.717, 1.165) is 6.42 Å². The van der Waals surface area contributed by atoms with Crippen molar-refractivity contribution < 1.29 is 4.79 Å². The molecule has 0 aromatic rings. The monoisotopic (exact) mass is 145 g/mol. The van der Waals surface area contributed by atoms with Crippen molar-refractivity contribution in [3.8, 4) is 0 Å². The van der Waals surface area contributed by atoms with Crippen LogP contribution in [0.2, 0.25) is 0 Å². The number of hydrogen-bond acceptors (Lipinski definition) is 1. The van der Waals surface area contributed by atoms with E-state index in [0.29, 0.717) is 17.9 Å². The van der Waals surface area contributed by atoms with Crippen LogP contribution in [0.25, 0.3) is 0 Å². The van der Waals surface area contributed by atoms with E-state index in [1.165, 1.54) is 4.81 Å². The first kappa shape index (κ1) is 5.87. The van der Waals surface area contributed by atoms with E-state index in [9.17, 15) is 4.79 Å². The molecule has 0 spiro atoms. The Labute approximate surface area is 66.7 Å². The summed E-state index contributed by atoms with van der Waals surface area (Å²) in [6.07, 6.45) is 5.53. The van der Waals surface area contributed by atoms with Gasteiger partial charge in [0.25, 0.3) is 0 Å². The Morgan fingerprint density at radius 2 is 2.18 bits per heavy atom. The molecule has 4 atom stereocenters. The normalized spacial score (nSPS) is 51.3. The van der Waals surface area contributed by atoms with Gasteiger partial charge in [-0.1, -0.05) is 12.2 Å². The molecule has 2 bridgehead atoms. The first-order chi connectivity index (χ1) is 5.29. The van der Waals surface area contributed by atoms with Crippen molar-refractivity contribution in [2.75, 3.05) is 0 Å². The van der Waals surface area contributed by atoms with E-state index < -0.39 is 0 Å². The SMILES string of the molecule is [B]N1C(=O)C2C3C=CC(C3)C21. The Morgan fingerprint density at radius 1 is 1.45 bits per heavy atom. The van der Waals surface area contributed by atoms with Crippen molar-refractivity contribution in [3.05, 3.63) is 12.2 Å². The minimum Gasteiger partial charge on any atom is -0.392 e. The van der Waals surface area contributed by atoms with Crippen LogP contribution in [0, 0.1) is 17.8 Å². The van der Waals surface area contributed by atoms with Gasteiger partial charge in [0.15, 0.2) is 0 Å². The molecule has 1 saturated heterocycles. The first-order valence-electron chi connectivity index (χ1n) is 4.05. The molecule has 2 aliphatic carbocycles. The second-order valence-electron chi connectivity index (χ2n) is 3.71. The smallest absolute Gasteiger partial charge is 0.230 e. The van der Waals surface area contributed by atoms with Crippen LogP contribution in [-0.4, -0.2) is 24.7 Å². The summed E-state index contributed by atoms with van der Waals surface area (Å²) in [7, 11) is 5.54. The number of amides is 1. The summed E-state index contributed by atoms with van der Waals surface area (Å²) >= 11 is 0. The molecule has 1 aliphatic heterocycles. The summed E-state index contributed by atoms with van der Waals surface area (Å²) < 4.78 is 0. The highest BCUT2D eigenvalue weighted by atomic mass is 16.2. The van der Waals surface area contributed by atoms with Gasteiger partial charge in [0.05, 0.1) is 5.92 Å². The molecule has 3 aliphatic rings. The molecule has 0 aromatic carbocycles. The lowest BCUT2D eigenvalue weighted by molar-refractivity contribution is -0.147. The fourth-order valence-corrected chi connectivity index (χ4v) is 2.74. The van der Waals surface area contributed by atoms with Gasteiger partial charge in [-0.05, 0) is 18.3 Å². The van der Waals surface area contributed by atoms with Crippen molar-refractivity contribution in [2.45, 2.75) is 12.5 Å². The molecule has 2 radical (unpaired) electrons. The van der Waals surface area contributed by atoms with Crippen LogP contribution in [0.15, 0.2) is 12.2 Å². The number of hydrogen-bond donors (Lipinski definition) is 0. The van der Waals surface area contributed by atoms with Crippen LogP contribution in [-0.2, 0) is 4.79 Å². The van der Waals surface area contributed by atoms with Gasteiger partial charge in [-0.25, -0.2) is 0 Å². The molecule has 2 fully saturated rings. The Bertz CT molecular complexity index is 263. The van der Waals surface area contributed by atoms with E-state index in [2.05, 4.69) is 12.2 Å². The van der Waals surface area contributed by atoms with Crippen LogP contribution in [0.3, 0.4) is 0 Å². The highest BCUT2D eigenvalue weighted by Gasteiger charge is 2.57. The van der Waals surface area contributed by atoms with Gasteiger partial charge in [0.2, 0.25) is 13.9 Å². The lowest BCUT2D eigenvalue weighted by Crippen LogP contribution is -2.61. The molecular weight excluding hydrogens is 137 g/mol. The number of fused-ring (bicyclic) bond motifs is 5. The zero-order chi connectivity index (χ0) is 7.59. The van der Waals surface area contributed by atoms with Gasteiger partial charge in [-0.2, -0.15) is 0 Å². The molecule has 0 aromatic heterocycles. The molecule has 1 saturated carbocycles. The maximum Gasteiger partial charge on any atom is 0.230 e. The number of allylic oxidation sites excluding steroid dienone is 1. The highest BCUT2D eigenvalue weighted by molar-refractivity contribution is 6.18. The Hall–Kier alpha value is -0.725. The van der Waals surface area contributed by atoms with E-state index in [1.807, 2.05) is 0 Å². The molecule has 3 rings (SSSR count). The average Bonchev–Trinajstić information content (AvgIpc) is 2.58. The Morgan fingerprint density at radius 3 is 2.91 bits per heavy atom. The van der Waals surface area contributed by atoms with Crippen LogP contribution in [0.5, 0.6) is 0 Å². The zero-order valence-corrected chi connectivity index (χ0v) is 6.10. The lowest BCUT2D eigenvalue weighted by atomic mass is 9.77. The third-order valence-electron chi connectivity index (χ3n) is 3.28. The maximum absolute atomic E-state index is 11.2. The third-order valence-corrected chi connectivity index (χ3v) is 3.28. The van der Waals surface area contributed by atoms with Crippen LogP contribution >= 0.6 is 0 Å². The van der Waals surface area contributed by atoms with E-state index in [4.69, 9.17) is 7.98 Å². The summed E-state index contributed by atoms with van der Waals surface area (Å²) in [4.78, 5) is 12.6. The third kappa shape index (κ3) is 0.471. The lowest BCUT2D eigenvalue weighted by Gasteiger charge is -2.46. The van der Waals surface area contributed by atoms with Gasteiger partial charge < -0.3 is 4.81 Å². The molecule has 1 heterocycles. The van der Waals surface area contributed by atoms with E-state index in [-0.39, 0.29) is 11.8 Å². The summed E-state index contributed by atoms with van der Waals surface area (Å²) in [5.74, 6) is 1.46. The second kappa shape index (κ2) is 1.54. The van der Waals surface area contributed by atoms with Crippen molar-refractivity contribution in [1.29, 1.82) is 0 Å².